The minimum Gasteiger partial charge on any atom is -0.505 e. The molecular weight excluding hydrogens is 374 g/mol. The van der Waals surface area contributed by atoms with Crippen LogP contribution in [0.2, 0.25) is 0 Å². The molecule has 29 heavy (non-hydrogen) atoms. The van der Waals surface area contributed by atoms with Crippen LogP contribution in [0.4, 0.5) is 4.39 Å². The predicted molar refractivity (Wildman–Crippen MR) is 108 cm³/mol. The molecule has 3 aromatic rings. The minimum absolute atomic E-state index is 0.00913. The lowest BCUT2D eigenvalue weighted by molar-refractivity contribution is 0.0520. The van der Waals surface area contributed by atoms with Crippen molar-refractivity contribution < 1.29 is 19.0 Å². The van der Waals surface area contributed by atoms with E-state index in [1.165, 1.54) is 29.0 Å². The largest absolute Gasteiger partial charge is 0.505 e. The smallest absolute Gasteiger partial charge is 0.347 e. The second-order valence-electron chi connectivity index (χ2n) is 6.35. The molecule has 0 aliphatic rings. The number of ether oxygens (including phenoxy) is 1. The van der Waals surface area contributed by atoms with Crippen molar-refractivity contribution in [3.05, 3.63) is 76.0 Å². The van der Waals surface area contributed by atoms with Gasteiger partial charge in [-0.25, -0.2) is 9.18 Å². The van der Waals surface area contributed by atoms with Crippen molar-refractivity contribution in [2.24, 2.45) is 0 Å². The zero-order valence-corrected chi connectivity index (χ0v) is 15.8. The number of rotatable bonds is 6. The van der Waals surface area contributed by atoms with Gasteiger partial charge in [-0.3, -0.25) is 9.78 Å². The topological polar surface area (TPSA) is 81.4 Å². The Kier molecular flexibility index (Phi) is 5.82. The van der Waals surface area contributed by atoms with Crippen LogP contribution in [0.25, 0.3) is 11.0 Å². The van der Waals surface area contributed by atoms with E-state index in [1.54, 1.807) is 19.1 Å². The number of pyridine rings is 2. The Hall–Kier alpha value is -3.42. The van der Waals surface area contributed by atoms with E-state index in [0.29, 0.717) is 12.0 Å². The van der Waals surface area contributed by atoms with Crippen LogP contribution in [0.5, 0.6) is 5.75 Å². The van der Waals surface area contributed by atoms with Crippen LogP contribution < -0.4 is 11.0 Å². The van der Waals surface area contributed by atoms with Crippen molar-refractivity contribution >= 4 is 30.3 Å². The van der Waals surface area contributed by atoms with Gasteiger partial charge in [0.05, 0.1) is 12.1 Å². The maximum Gasteiger partial charge on any atom is 0.347 e. The van der Waals surface area contributed by atoms with Crippen LogP contribution in [-0.2, 0) is 17.7 Å². The van der Waals surface area contributed by atoms with Crippen LogP contribution >= 0.6 is 0 Å². The summed E-state index contributed by atoms with van der Waals surface area (Å²) in [5, 5.41) is 10.6. The zero-order valence-electron chi connectivity index (χ0n) is 15.8. The summed E-state index contributed by atoms with van der Waals surface area (Å²) in [6.45, 7) is 5.32. The van der Waals surface area contributed by atoms with E-state index in [-0.39, 0.29) is 35.5 Å². The van der Waals surface area contributed by atoms with E-state index in [4.69, 9.17) is 12.6 Å². The van der Waals surface area contributed by atoms with Gasteiger partial charge in [0.2, 0.25) is 0 Å². The molecule has 0 saturated heterocycles. The predicted octanol–water partition coefficient (Wildman–Crippen LogP) is 1.99. The maximum atomic E-state index is 13.1. The van der Waals surface area contributed by atoms with E-state index in [1.807, 2.05) is 0 Å². The van der Waals surface area contributed by atoms with E-state index in [0.717, 1.165) is 5.56 Å². The third kappa shape index (κ3) is 3.78. The summed E-state index contributed by atoms with van der Waals surface area (Å²) in [6.07, 6.45) is 3.27. The molecule has 0 atom stereocenters. The molecule has 0 aliphatic heterocycles. The lowest BCUT2D eigenvalue weighted by atomic mass is 9.86. The number of esters is 1. The molecule has 3 rings (SSSR count). The molecule has 0 bridgehead atoms. The van der Waals surface area contributed by atoms with E-state index in [9.17, 15) is 19.1 Å². The highest BCUT2D eigenvalue weighted by Crippen LogP contribution is 2.25. The van der Waals surface area contributed by atoms with Gasteiger partial charge in [0, 0.05) is 12.7 Å². The van der Waals surface area contributed by atoms with Gasteiger partial charge in [0.15, 0.2) is 11.3 Å². The zero-order chi connectivity index (χ0) is 21.1. The number of carbonyl (C=O) groups excluding carboxylic acids is 1. The second-order valence-corrected chi connectivity index (χ2v) is 6.35. The van der Waals surface area contributed by atoms with Gasteiger partial charge in [-0.15, -0.1) is 6.58 Å². The molecule has 146 valence electrons. The number of carbonyl (C=O) groups is 1. The molecule has 6 nitrogen and oxygen atoms in total. The molecule has 1 aromatic carbocycles. The quantitative estimate of drug-likeness (QED) is 0.394. The lowest BCUT2D eigenvalue weighted by Crippen LogP contribution is -2.31. The average Bonchev–Trinajstić information content (AvgIpc) is 2.69. The van der Waals surface area contributed by atoms with Crippen molar-refractivity contribution in [3.8, 4) is 5.75 Å². The molecule has 0 spiro atoms. The highest BCUT2D eigenvalue weighted by atomic mass is 19.1. The Morgan fingerprint density at radius 3 is 2.69 bits per heavy atom. The summed E-state index contributed by atoms with van der Waals surface area (Å²) in [7, 11) is 6.32. The summed E-state index contributed by atoms with van der Waals surface area (Å²) in [5.41, 5.74) is 0.563. The molecule has 1 N–H and O–H groups in total. The molecule has 0 fully saturated rings. The SMILES string of the molecule is [B]c1c(Cc2ccc(F)cc2)cnc2c(O)c(C(=O)OCC)c(=O)n(CC=C)c12. The third-order valence-corrected chi connectivity index (χ3v) is 4.46. The molecule has 0 unspecified atom stereocenters. The summed E-state index contributed by atoms with van der Waals surface area (Å²) < 4.78 is 19.3. The molecule has 0 aliphatic carbocycles. The van der Waals surface area contributed by atoms with Crippen molar-refractivity contribution in [3.63, 3.8) is 0 Å². The van der Waals surface area contributed by atoms with E-state index < -0.39 is 22.8 Å². The number of hydrogen-bond donors (Lipinski definition) is 1. The average molecular weight is 392 g/mol. The first kappa shape index (κ1) is 20.3. The lowest BCUT2D eigenvalue weighted by Gasteiger charge is -2.17. The molecule has 8 heteroatoms. The van der Waals surface area contributed by atoms with Gasteiger partial charge >= 0.3 is 5.97 Å². The van der Waals surface area contributed by atoms with Gasteiger partial charge in [-0.2, -0.15) is 0 Å². The molecule has 2 radical (unpaired) electrons. The minimum atomic E-state index is -0.939. The van der Waals surface area contributed by atoms with Crippen LogP contribution in [0.1, 0.15) is 28.4 Å². The normalized spacial score (nSPS) is 10.8. The van der Waals surface area contributed by atoms with Crippen LogP contribution in [-0.4, -0.2) is 35.1 Å². The standard InChI is InChI=1S/C21H18BFN2O4/c1-3-9-25-18-16(22)13(10-12-5-7-14(23)8-6-12)11-24-17(18)19(26)15(20(25)27)21(28)29-4-2/h3,5-8,11,26H,1,4,9-10H2,2H3. The van der Waals surface area contributed by atoms with E-state index in [2.05, 4.69) is 11.6 Å². The monoisotopic (exact) mass is 392 g/mol. The number of aromatic hydroxyl groups is 1. The number of fused-ring (bicyclic) bond motifs is 1. The first-order chi connectivity index (χ1) is 13.9. The molecule has 0 saturated carbocycles. The van der Waals surface area contributed by atoms with Gasteiger partial charge in [-0.1, -0.05) is 23.7 Å². The second kappa shape index (κ2) is 8.30. The highest BCUT2D eigenvalue weighted by molar-refractivity contribution is 6.39. The number of halogens is 1. The fraction of sp³-hybridized carbons (Fsp3) is 0.190. The maximum absolute atomic E-state index is 13.1. The number of benzene rings is 1. The fourth-order valence-corrected chi connectivity index (χ4v) is 3.11. The Labute approximate surface area is 167 Å². The van der Waals surface area contributed by atoms with Crippen molar-refractivity contribution in [1.82, 2.24) is 9.55 Å². The highest BCUT2D eigenvalue weighted by Gasteiger charge is 2.25. The first-order valence-corrected chi connectivity index (χ1v) is 8.94. The number of allylic oxidation sites excluding steroid dienone is 1. The summed E-state index contributed by atoms with van der Waals surface area (Å²) >= 11 is 0. The molecule has 2 heterocycles. The molecule has 0 amide bonds. The summed E-state index contributed by atoms with van der Waals surface area (Å²) in [5.74, 6) is -1.87. The Balaban J connectivity index is 2.24. The van der Waals surface area contributed by atoms with Crippen LogP contribution in [0.3, 0.4) is 0 Å². The Bertz CT molecular complexity index is 1160. The van der Waals surface area contributed by atoms with Crippen molar-refractivity contribution in [2.75, 3.05) is 6.61 Å². The number of aromatic nitrogens is 2. The summed E-state index contributed by atoms with van der Waals surface area (Å²) in [6, 6.07) is 5.92. The van der Waals surface area contributed by atoms with Gasteiger partial charge in [-0.05, 0) is 36.6 Å². The van der Waals surface area contributed by atoms with E-state index >= 15 is 0 Å². The van der Waals surface area contributed by atoms with Gasteiger partial charge in [0.25, 0.3) is 5.56 Å². The van der Waals surface area contributed by atoms with Crippen molar-refractivity contribution in [1.29, 1.82) is 0 Å². The fourth-order valence-electron chi connectivity index (χ4n) is 3.11. The third-order valence-electron chi connectivity index (χ3n) is 4.46. The molecule has 2 aromatic heterocycles. The Morgan fingerprint density at radius 2 is 2.07 bits per heavy atom. The first-order valence-electron chi connectivity index (χ1n) is 8.94. The van der Waals surface area contributed by atoms with Crippen molar-refractivity contribution in [2.45, 2.75) is 19.9 Å². The number of nitrogens with zero attached hydrogens (tertiary/aromatic N) is 2. The van der Waals surface area contributed by atoms with Crippen LogP contribution in [0.15, 0.2) is 47.9 Å². The number of hydrogen-bond acceptors (Lipinski definition) is 5. The van der Waals surface area contributed by atoms with Gasteiger partial charge < -0.3 is 14.4 Å². The molecular formula is C21H18BFN2O4. The summed E-state index contributed by atoms with van der Waals surface area (Å²) in [4.78, 5) is 29.3. The Morgan fingerprint density at radius 1 is 1.38 bits per heavy atom. The van der Waals surface area contributed by atoms with Crippen LogP contribution in [0, 0.1) is 5.82 Å². The van der Waals surface area contributed by atoms with Gasteiger partial charge in [0.1, 0.15) is 19.2 Å².